The van der Waals surface area contributed by atoms with Crippen molar-refractivity contribution in [2.75, 3.05) is 0 Å². The molecular weight excluding hydrogens is 250 g/mol. The number of hydrogen-bond donors (Lipinski definition) is 0. The van der Waals surface area contributed by atoms with Crippen molar-refractivity contribution in [3.05, 3.63) is 30.1 Å². The van der Waals surface area contributed by atoms with Gasteiger partial charge in [0.15, 0.2) is 12.4 Å². The molecule has 0 radical (unpaired) electrons. The zero-order valence-electron chi connectivity index (χ0n) is 11.5. The summed E-state index contributed by atoms with van der Waals surface area (Å²) in [5.41, 5.74) is 1.27. The molecule has 0 unspecified atom stereocenters. The van der Waals surface area contributed by atoms with Crippen LogP contribution in [0, 0.1) is 11.8 Å². The van der Waals surface area contributed by atoms with Crippen LogP contribution in [0.1, 0.15) is 33.3 Å². The van der Waals surface area contributed by atoms with Crippen LogP contribution in [-0.4, -0.2) is 5.97 Å². The minimum atomic E-state index is -0.160. The Balaban J connectivity index is 0.00000289. The number of carbonyl (C=O) groups excluding carboxylic acids is 1. The monoisotopic (exact) mass is 271 g/mol. The van der Waals surface area contributed by atoms with Crippen LogP contribution < -0.4 is 17.0 Å². The van der Waals surface area contributed by atoms with Gasteiger partial charge in [0, 0.05) is 11.6 Å². The van der Waals surface area contributed by atoms with Crippen molar-refractivity contribution < 1.29 is 26.5 Å². The molecule has 0 spiro atoms. The van der Waals surface area contributed by atoms with Crippen LogP contribution in [-0.2, 0) is 22.7 Å². The topological polar surface area (TPSA) is 30.2 Å². The first-order valence-corrected chi connectivity index (χ1v) is 6.13. The molecule has 3 nitrogen and oxygen atoms in total. The number of pyridine rings is 1. The van der Waals surface area contributed by atoms with E-state index in [0.29, 0.717) is 12.6 Å². The standard InChI is InChI=1S/C14H22NO2.ClH/c1-11(2)8-13-6-5-7-15(9-13)10-17-14(16)12(3)4;/h5-7,9,11-12H,8,10H2,1-4H3;1H/q+1;/p-1. The minimum absolute atomic E-state index is 0. The molecule has 4 heteroatoms. The van der Waals surface area contributed by atoms with Crippen molar-refractivity contribution in [3.8, 4) is 0 Å². The average Bonchev–Trinajstić information content (AvgIpc) is 2.25. The van der Waals surface area contributed by atoms with Gasteiger partial charge < -0.3 is 17.1 Å². The number of esters is 1. The van der Waals surface area contributed by atoms with Crippen LogP contribution in [0.2, 0.25) is 0 Å². The molecule has 0 fully saturated rings. The van der Waals surface area contributed by atoms with Gasteiger partial charge in [-0.1, -0.05) is 27.7 Å². The zero-order valence-corrected chi connectivity index (χ0v) is 12.3. The highest BCUT2D eigenvalue weighted by atomic mass is 35.5. The summed E-state index contributed by atoms with van der Waals surface area (Å²) in [6.45, 7) is 8.35. The van der Waals surface area contributed by atoms with Gasteiger partial charge in [-0.25, -0.2) is 0 Å². The van der Waals surface area contributed by atoms with Crippen LogP contribution in [0.4, 0.5) is 0 Å². The summed E-state index contributed by atoms with van der Waals surface area (Å²) in [6.07, 6.45) is 4.99. The van der Waals surface area contributed by atoms with Crippen LogP contribution in [0.5, 0.6) is 0 Å². The summed E-state index contributed by atoms with van der Waals surface area (Å²) in [4.78, 5) is 11.3. The second-order valence-electron chi connectivity index (χ2n) is 5.07. The van der Waals surface area contributed by atoms with Gasteiger partial charge in [-0.3, -0.25) is 4.79 Å². The number of carbonyl (C=O) groups is 1. The third kappa shape index (κ3) is 6.01. The van der Waals surface area contributed by atoms with Crippen LogP contribution in [0.25, 0.3) is 0 Å². The highest BCUT2D eigenvalue weighted by molar-refractivity contribution is 5.71. The van der Waals surface area contributed by atoms with Crippen LogP contribution >= 0.6 is 0 Å². The summed E-state index contributed by atoms with van der Waals surface area (Å²) in [7, 11) is 0. The van der Waals surface area contributed by atoms with Crippen molar-refractivity contribution in [1.82, 2.24) is 0 Å². The third-order valence-corrected chi connectivity index (χ3v) is 2.39. The number of rotatable bonds is 5. The number of nitrogens with zero attached hydrogens (tertiary/aromatic N) is 1. The first kappa shape index (κ1) is 16.9. The molecule has 1 heterocycles. The Morgan fingerprint density at radius 1 is 1.33 bits per heavy atom. The Morgan fingerprint density at radius 2 is 2.00 bits per heavy atom. The van der Waals surface area contributed by atoms with E-state index in [-0.39, 0.29) is 24.3 Å². The van der Waals surface area contributed by atoms with E-state index in [0.717, 1.165) is 6.42 Å². The van der Waals surface area contributed by atoms with E-state index in [1.165, 1.54) is 5.56 Å². The molecule has 0 saturated carbocycles. The van der Waals surface area contributed by atoms with Gasteiger partial charge in [0.2, 0.25) is 0 Å². The first-order valence-electron chi connectivity index (χ1n) is 6.13. The van der Waals surface area contributed by atoms with E-state index in [2.05, 4.69) is 19.9 Å². The molecule has 0 atom stereocenters. The van der Waals surface area contributed by atoms with Crippen molar-refractivity contribution in [3.63, 3.8) is 0 Å². The quantitative estimate of drug-likeness (QED) is 0.526. The fourth-order valence-electron chi connectivity index (χ4n) is 1.55. The lowest BCUT2D eigenvalue weighted by molar-refractivity contribution is -0.728. The molecule has 0 aliphatic carbocycles. The molecule has 0 aliphatic heterocycles. The summed E-state index contributed by atoms with van der Waals surface area (Å²) >= 11 is 0. The van der Waals surface area contributed by atoms with E-state index < -0.39 is 0 Å². The number of ether oxygens (including phenoxy) is 1. The van der Waals surface area contributed by atoms with Crippen molar-refractivity contribution in [2.24, 2.45) is 11.8 Å². The molecule has 0 amide bonds. The smallest absolute Gasteiger partial charge is 0.313 e. The summed E-state index contributed by atoms with van der Waals surface area (Å²) < 4.78 is 7.07. The minimum Gasteiger partial charge on any atom is -1.00 e. The lowest BCUT2D eigenvalue weighted by Crippen LogP contribution is -3.00. The average molecular weight is 272 g/mol. The lowest BCUT2D eigenvalue weighted by atomic mass is 10.1. The molecule has 0 bridgehead atoms. The molecule has 0 saturated heterocycles. The highest BCUT2D eigenvalue weighted by Crippen LogP contribution is 2.04. The fourth-order valence-corrected chi connectivity index (χ4v) is 1.55. The summed E-state index contributed by atoms with van der Waals surface area (Å²) in [6, 6.07) is 4.09. The number of aromatic nitrogens is 1. The summed E-state index contributed by atoms with van der Waals surface area (Å²) in [5, 5.41) is 0. The predicted octanol–water partition coefficient (Wildman–Crippen LogP) is -0.667. The molecule has 0 N–H and O–H groups in total. The van der Waals surface area contributed by atoms with Crippen molar-refractivity contribution in [1.29, 1.82) is 0 Å². The maximum absolute atomic E-state index is 11.3. The molecule has 18 heavy (non-hydrogen) atoms. The highest BCUT2D eigenvalue weighted by Gasteiger charge is 2.11. The third-order valence-electron chi connectivity index (χ3n) is 2.39. The van der Waals surface area contributed by atoms with Gasteiger partial charge in [0.05, 0.1) is 5.92 Å². The SMILES string of the molecule is CC(C)Cc1ccc[n+](COC(=O)C(C)C)c1.[Cl-]. The van der Waals surface area contributed by atoms with E-state index >= 15 is 0 Å². The Kier molecular flexibility index (Phi) is 7.60. The van der Waals surface area contributed by atoms with E-state index in [9.17, 15) is 4.79 Å². The molecule has 1 rings (SSSR count). The van der Waals surface area contributed by atoms with Crippen molar-refractivity contribution in [2.45, 2.75) is 40.8 Å². The predicted molar refractivity (Wildman–Crippen MR) is 66.1 cm³/mol. The number of hydrogen-bond acceptors (Lipinski definition) is 2. The molecule has 0 aliphatic rings. The lowest BCUT2D eigenvalue weighted by Gasteiger charge is -2.05. The Labute approximate surface area is 116 Å². The zero-order chi connectivity index (χ0) is 12.8. The Bertz CT molecular complexity index is 378. The molecule has 1 aromatic heterocycles. The maximum atomic E-state index is 11.3. The summed E-state index contributed by atoms with van der Waals surface area (Å²) in [5.74, 6) is 0.394. The molecule has 0 aromatic carbocycles. The second kappa shape index (κ2) is 8.09. The van der Waals surface area contributed by atoms with E-state index in [1.807, 2.05) is 36.9 Å². The molecule has 1 aromatic rings. The normalized spacial score (nSPS) is 10.3. The van der Waals surface area contributed by atoms with Gasteiger partial charge in [0.25, 0.3) is 6.73 Å². The maximum Gasteiger partial charge on any atom is 0.313 e. The van der Waals surface area contributed by atoms with Gasteiger partial charge in [-0.05, 0) is 18.4 Å². The van der Waals surface area contributed by atoms with Gasteiger partial charge >= 0.3 is 5.97 Å². The Hall–Kier alpha value is -1.09. The van der Waals surface area contributed by atoms with E-state index in [4.69, 9.17) is 4.74 Å². The van der Waals surface area contributed by atoms with Gasteiger partial charge in [0.1, 0.15) is 0 Å². The first-order chi connectivity index (χ1) is 7.99. The van der Waals surface area contributed by atoms with Crippen LogP contribution in [0.3, 0.4) is 0 Å². The largest absolute Gasteiger partial charge is 1.00 e. The molecule has 102 valence electrons. The number of halogens is 1. The van der Waals surface area contributed by atoms with Gasteiger partial charge in [-0.15, -0.1) is 0 Å². The van der Waals surface area contributed by atoms with Crippen molar-refractivity contribution >= 4 is 5.97 Å². The van der Waals surface area contributed by atoms with Gasteiger partial charge in [-0.2, -0.15) is 4.57 Å². The molecular formula is C14H22ClNO2. The second-order valence-corrected chi connectivity index (χ2v) is 5.07. The fraction of sp³-hybridized carbons (Fsp3) is 0.571. The Morgan fingerprint density at radius 3 is 2.56 bits per heavy atom. The van der Waals surface area contributed by atoms with Crippen LogP contribution in [0.15, 0.2) is 24.5 Å². The van der Waals surface area contributed by atoms with E-state index in [1.54, 1.807) is 0 Å².